The van der Waals surface area contributed by atoms with Gasteiger partial charge in [-0.15, -0.1) is 0 Å². The van der Waals surface area contributed by atoms with Crippen molar-refractivity contribution in [3.8, 4) is 12.1 Å². The maximum atomic E-state index is 9.35. The lowest BCUT2D eigenvalue weighted by Gasteiger charge is -2.14. The molecule has 0 spiro atoms. The van der Waals surface area contributed by atoms with Gasteiger partial charge in [-0.2, -0.15) is 15.6 Å². The molecule has 1 aromatic heterocycles. The fourth-order valence-corrected chi connectivity index (χ4v) is 2.72. The maximum Gasteiger partial charge on any atom is 0.163 e. The van der Waals surface area contributed by atoms with Crippen LogP contribution in [0.1, 0.15) is 16.8 Å². The third-order valence-electron chi connectivity index (χ3n) is 3.06. The molecule has 7 heteroatoms. The average Bonchev–Trinajstić information content (AvgIpc) is 2.85. The number of nitrogen functional groups attached to an aromatic ring is 1. The highest BCUT2D eigenvalue weighted by atomic mass is 79.9. The lowest BCUT2D eigenvalue weighted by molar-refractivity contribution is 1.08. The summed E-state index contributed by atoms with van der Waals surface area (Å²) in [7, 11) is 3.89. The van der Waals surface area contributed by atoms with Gasteiger partial charge < -0.3 is 10.6 Å². The molecule has 0 aliphatic rings. The zero-order valence-electron chi connectivity index (χ0n) is 12.1. The number of nitrogens with zero attached hydrogens (tertiary/aromatic N) is 4. The van der Waals surface area contributed by atoms with E-state index in [0.717, 1.165) is 15.7 Å². The SMILES string of the molecule is CN(C)c1ccc(/C=C(\C#N)c2[nH]nc(N)c2C#N)cc1Br. The van der Waals surface area contributed by atoms with Crippen LogP contribution in [-0.4, -0.2) is 24.3 Å². The first-order valence-corrected chi connectivity index (χ1v) is 7.10. The van der Waals surface area contributed by atoms with Gasteiger partial charge in [-0.25, -0.2) is 0 Å². The highest BCUT2D eigenvalue weighted by molar-refractivity contribution is 9.10. The molecule has 22 heavy (non-hydrogen) atoms. The normalized spacial score (nSPS) is 10.9. The highest BCUT2D eigenvalue weighted by Crippen LogP contribution is 2.28. The van der Waals surface area contributed by atoms with Crippen molar-refractivity contribution < 1.29 is 0 Å². The fraction of sp³-hybridized carbons (Fsp3) is 0.133. The number of H-pyrrole nitrogens is 1. The summed E-state index contributed by atoms with van der Waals surface area (Å²) in [6.07, 6.45) is 1.68. The van der Waals surface area contributed by atoms with Gasteiger partial charge in [0.05, 0.1) is 17.0 Å². The van der Waals surface area contributed by atoms with Crippen molar-refractivity contribution in [1.29, 1.82) is 10.5 Å². The number of aromatic amines is 1. The Labute approximate surface area is 136 Å². The van der Waals surface area contributed by atoms with Gasteiger partial charge in [-0.3, -0.25) is 5.10 Å². The topological polar surface area (TPSA) is 106 Å². The van der Waals surface area contributed by atoms with E-state index in [4.69, 9.17) is 11.0 Å². The first-order valence-electron chi connectivity index (χ1n) is 6.31. The van der Waals surface area contributed by atoms with E-state index in [1.54, 1.807) is 6.08 Å². The van der Waals surface area contributed by atoms with Crippen LogP contribution in [0.5, 0.6) is 0 Å². The Balaban J connectivity index is 2.49. The van der Waals surface area contributed by atoms with Crippen molar-refractivity contribution in [2.24, 2.45) is 0 Å². The summed E-state index contributed by atoms with van der Waals surface area (Å²) in [6, 6.07) is 9.76. The zero-order valence-corrected chi connectivity index (χ0v) is 13.6. The summed E-state index contributed by atoms with van der Waals surface area (Å²) in [6.45, 7) is 0. The molecule has 0 unspecified atom stereocenters. The number of allylic oxidation sites excluding steroid dienone is 1. The Hall–Kier alpha value is -2.77. The van der Waals surface area contributed by atoms with Crippen molar-refractivity contribution in [3.05, 3.63) is 39.5 Å². The third-order valence-corrected chi connectivity index (χ3v) is 3.70. The van der Waals surface area contributed by atoms with Gasteiger partial charge in [-0.1, -0.05) is 6.07 Å². The zero-order chi connectivity index (χ0) is 16.3. The van der Waals surface area contributed by atoms with Crippen LogP contribution >= 0.6 is 15.9 Å². The summed E-state index contributed by atoms with van der Waals surface area (Å²) in [5, 5.41) is 24.9. The number of hydrogen-bond donors (Lipinski definition) is 2. The number of anilines is 2. The van der Waals surface area contributed by atoms with Gasteiger partial charge in [-0.05, 0) is 39.7 Å². The van der Waals surface area contributed by atoms with Crippen LogP contribution < -0.4 is 10.6 Å². The van der Waals surface area contributed by atoms with Crippen molar-refractivity contribution >= 4 is 39.1 Å². The number of benzene rings is 1. The maximum absolute atomic E-state index is 9.35. The van der Waals surface area contributed by atoms with E-state index in [9.17, 15) is 5.26 Å². The fourth-order valence-electron chi connectivity index (χ4n) is 1.97. The first-order chi connectivity index (χ1) is 10.5. The minimum atomic E-state index is 0.0859. The molecule has 6 nitrogen and oxygen atoms in total. The molecule has 2 aromatic rings. The van der Waals surface area contributed by atoms with Crippen molar-refractivity contribution in [2.45, 2.75) is 0 Å². The van der Waals surface area contributed by atoms with Gasteiger partial charge in [0.25, 0.3) is 0 Å². The minimum Gasteiger partial charge on any atom is -0.381 e. The molecule has 0 aliphatic carbocycles. The molecule has 110 valence electrons. The third kappa shape index (κ3) is 2.95. The average molecular weight is 357 g/mol. The van der Waals surface area contributed by atoms with Crippen LogP contribution in [0.4, 0.5) is 11.5 Å². The van der Waals surface area contributed by atoms with E-state index in [0.29, 0.717) is 11.3 Å². The standard InChI is InChI=1S/C15H13BrN6/c1-22(2)13-4-3-9(6-12(13)16)5-10(7-17)14-11(8-18)15(19)21-20-14/h3-6H,1-2H3,(H3,19,20,21)/b10-5+. The number of halogens is 1. The van der Waals surface area contributed by atoms with Gasteiger partial charge >= 0.3 is 0 Å². The van der Waals surface area contributed by atoms with Crippen LogP contribution in [0.25, 0.3) is 11.6 Å². The number of rotatable bonds is 3. The molecule has 0 atom stereocenters. The van der Waals surface area contributed by atoms with Gasteiger partial charge in [0.15, 0.2) is 5.82 Å². The number of hydrogen-bond acceptors (Lipinski definition) is 5. The quantitative estimate of drug-likeness (QED) is 0.822. The predicted molar refractivity (Wildman–Crippen MR) is 89.7 cm³/mol. The summed E-state index contributed by atoms with van der Waals surface area (Å²) in [5.41, 5.74) is 8.26. The number of aromatic nitrogens is 2. The van der Waals surface area contributed by atoms with Crippen LogP contribution in [0, 0.1) is 22.7 Å². The van der Waals surface area contributed by atoms with E-state index in [2.05, 4.69) is 32.2 Å². The van der Waals surface area contributed by atoms with E-state index in [1.165, 1.54) is 0 Å². The Bertz CT molecular complexity index is 820. The summed E-state index contributed by atoms with van der Waals surface area (Å²) < 4.78 is 0.910. The van der Waals surface area contributed by atoms with E-state index >= 15 is 0 Å². The molecule has 0 saturated carbocycles. The second-order valence-corrected chi connectivity index (χ2v) is 5.60. The largest absolute Gasteiger partial charge is 0.381 e. The smallest absolute Gasteiger partial charge is 0.163 e. The van der Waals surface area contributed by atoms with Crippen molar-refractivity contribution in [2.75, 3.05) is 24.7 Å². The van der Waals surface area contributed by atoms with Crippen LogP contribution in [-0.2, 0) is 0 Å². The molecule has 0 amide bonds. The molecular formula is C15H13BrN6. The van der Waals surface area contributed by atoms with E-state index in [-0.39, 0.29) is 11.4 Å². The molecule has 0 radical (unpaired) electrons. The molecule has 0 aliphatic heterocycles. The Kier molecular flexibility index (Phi) is 4.50. The Morgan fingerprint density at radius 2 is 2.14 bits per heavy atom. The summed E-state index contributed by atoms with van der Waals surface area (Å²) >= 11 is 3.50. The van der Waals surface area contributed by atoms with E-state index < -0.39 is 0 Å². The molecule has 2 rings (SSSR count). The molecule has 3 N–H and O–H groups in total. The lowest BCUT2D eigenvalue weighted by Crippen LogP contribution is -2.09. The predicted octanol–water partition coefficient (Wildman–Crippen LogP) is 2.76. The highest BCUT2D eigenvalue weighted by Gasteiger charge is 2.14. The van der Waals surface area contributed by atoms with Crippen molar-refractivity contribution in [3.63, 3.8) is 0 Å². The first kappa shape index (κ1) is 15.6. The van der Waals surface area contributed by atoms with Crippen LogP contribution in [0.2, 0.25) is 0 Å². The number of nitrogens with two attached hydrogens (primary N) is 1. The van der Waals surface area contributed by atoms with Crippen molar-refractivity contribution in [1.82, 2.24) is 10.2 Å². The molecule has 1 heterocycles. The molecular weight excluding hydrogens is 344 g/mol. The molecule has 0 bridgehead atoms. The minimum absolute atomic E-state index is 0.0859. The Morgan fingerprint density at radius 1 is 1.41 bits per heavy atom. The lowest BCUT2D eigenvalue weighted by atomic mass is 10.1. The summed E-state index contributed by atoms with van der Waals surface area (Å²) in [4.78, 5) is 1.98. The van der Waals surface area contributed by atoms with Gasteiger partial charge in [0.2, 0.25) is 0 Å². The van der Waals surface area contributed by atoms with Crippen LogP contribution in [0.3, 0.4) is 0 Å². The molecule has 1 aromatic carbocycles. The molecule has 0 saturated heterocycles. The second-order valence-electron chi connectivity index (χ2n) is 4.75. The number of nitrogens with one attached hydrogen (secondary N) is 1. The van der Waals surface area contributed by atoms with Gasteiger partial charge in [0, 0.05) is 18.6 Å². The number of nitriles is 2. The van der Waals surface area contributed by atoms with E-state index in [1.807, 2.05) is 43.3 Å². The monoisotopic (exact) mass is 356 g/mol. The molecule has 0 fully saturated rings. The van der Waals surface area contributed by atoms with Gasteiger partial charge in [0.1, 0.15) is 17.7 Å². The second kappa shape index (κ2) is 6.33. The summed E-state index contributed by atoms with van der Waals surface area (Å²) in [5.74, 6) is 0.0859. The Morgan fingerprint density at radius 3 is 2.68 bits per heavy atom. The van der Waals surface area contributed by atoms with Crippen LogP contribution in [0.15, 0.2) is 22.7 Å².